The van der Waals surface area contributed by atoms with Crippen LogP contribution in [0.2, 0.25) is 0 Å². The van der Waals surface area contributed by atoms with E-state index in [1.165, 1.54) is 32.1 Å². The lowest BCUT2D eigenvalue weighted by atomic mass is 9.56. The van der Waals surface area contributed by atoms with Crippen molar-refractivity contribution in [3.05, 3.63) is 0 Å². The van der Waals surface area contributed by atoms with Crippen molar-refractivity contribution in [3.8, 4) is 0 Å². The molecule has 0 aromatic rings. The van der Waals surface area contributed by atoms with Crippen LogP contribution in [0.5, 0.6) is 0 Å². The first-order valence-corrected chi connectivity index (χ1v) is 7.38. The highest BCUT2D eigenvalue weighted by Crippen LogP contribution is 2.53. The van der Waals surface area contributed by atoms with Gasteiger partial charge < -0.3 is 9.84 Å². The highest BCUT2D eigenvalue weighted by Gasteiger charge is 2.55. The average Bonchev–Trinajstić information content (AvgIpc) is 2.29. The SMILES string of the molecule is CC(C)CC(C)OC1CC(O)C12CCCCC2. The van der Waals surface area contributed by atoms with Crippen LogP contribution in [0.1, 0.15) is 65.7 Å². The molecule has 1 N–H and O–H groups in total. The first-order valence-electron chi connectivity index (χ1n) is 7.38. The summed E-state index contributed by atoms with van der Waals surface area (Å²) < 4.78 is 6.20. The molecule has 100 valence electrons. The van der Waals surface area contributed by atoms with Crippen molar-refractivity contribution in [1.82, 2.24) is 0 Å². The summed E-state index contributed by atoms with van der Waals surface area (Å²) in [7, 11) is 0. The van der Waals surface area contributed by atoms with Crippen LogP contribution in [0.25, 0.3) is 0 Å². The van der Waals surface area contributed by atoms with Gasteiger partial charge in [0.2, 0.25) is 0 Å². The maximum atomic E-state index is 10.1. The molecule has 1 spiro atoms. The predicted octanol–water partition coefficient (Wildman–Crippen LogP) is 3.52. The maximum absolute atomic E-state index is 10.1. The van der Waals surface area contributed by atoms with Crippen LogP contribution in [0, 0.1) is 11.3 Å². The Bertz CT molecular complexity index is 243. The van der Waals surface area contributed by atoms with E-state index in [2.05, 4.69) is 20.8 Å². The fraction of sp³-hybridized carbons (Fsp3) is 1.00. The van der Waals surface area contributed by atoms with Crippen molar-refractivity contribution in [2.45, 2.75) is 84.0 Å². The Morgan fingerprint density at radius 3 is 2.35 bits per heavy atom. The van der Waals surface area contributed by atoms with Gasteiger partial charge in [-0.25, -0.2) is 0 Å². The minimum Gasteiger partial charge on any atom is -0.392 e. The highest BCUT2D eigenvalue weighted by molar-refractivity contribution is 5.05. The zero-order valence-corrected chi connectivity index (χ0v) is 11.6. The molecule has 0 aromatic heterocycles. The minimum atomic E-state index is -0.0981. The smallest absolute Gasteiger partial charge is 0.0684 e. The number of ether oxygens (including phenoxy) is 1. The lowest BCUT2D eigenvalue weighted by molar-refractivity contribution is -0.221. The highest BCUT2D eigenvalue weighted by atomic mass is 16.5. The van der Waals surface area contributed by atoms with Crippen molar-refractivity contribution in [1.29, 1.82) is 0 Å². The van der Waals surface area contributed by atoms with Crippen LogP contribution in [-0.4, -0.2) is 23.4 Å². The Balaban J connectivity index is 1.88. The lowest BCUT2D eigenvalue weighted by Crippen LogP contribution is -2.59. The first kappa shape index (κ1) is 13.4. The van der Waals surface area contributed by atoms with Gasteiger partial charge in [-0.1, -0.05) is 33.1 Å². The Labute approximate surface area is 106 Å². The second-order valence-corrected chi connectivity index (χ2v) is 6.61. The molecule has 0 aromatic carbocycles. The van der Waals surface area contributed by atoms with Crippen LogP contribution in [0.15, 0.2) is 0 Å². The molecule has 0 radical (unpaired) electrons. The van der Waals surface area contributed by atoms with E-state index in [1.54, 1.807) is 0 Å². The van der Waals surface area contributed by atoms with Crippen molar-refractivity contribution in [2.75, 3.05) is 0 Å². The molecule has 0 bridgehead atoms. The monoisotopic (exact) mass is 240 g/mol. The molecule has 2 saturated carbocycles. The van der Waals surface area contributed by atoms with Gasteiger partial charge >= 0.3 is 0 Å². The summed E-state index contributed by atoms with van der Waals surface area (Å²) in [5.74, 6) is 0.692. The average molecular weight is 240 g/mol. The van der Waals surface area contributed by atoms with Gasteiger partial charge in [-0.2, -0.15) is 0 Å². The van der Waals surface area contributed by atoms with Crippen LogP contribution < -0.4 is 0 Å². The van der Waals surface area contributed by atoms with Crippen molar-refractivity contribution in [2.24, 2.45) is 11.3 Å². The Kier molecular flexibility index (Phi) is 4.14. The molecule has 0 saturated heterocycles. The van der Waals surface area contributed by atoms with E-state index < -0.39 is 0 Å². The van der Waals surface area contributed by atoms with Crippen LogP contribution in [0.3, 0.4) is 0 Å². The molecule has 2 fully saturated rings. The standard InChI is InChI=1S/C15H28O2/c1-11(2)9-12(3)17-14-10-13(16)15(14)7-5-4-6-8-15/h11-14,16H,4-10H2,1-3H3. The number of aliphatic hydroxyl groups is 1. The fourth-order valence-electron chi connectivity index (χ4n) is 3.78. The summed E-state index contributed by atoms with van der Waals surface area (Å²) in [6, 6.07) is 0. The summed E-state index contributed by atoms with van der Waals surface area (Å²) in [5, 5.41) is 10.1. The normalized spacial score (nSPS) is 33.7. The van der Waals surface area contributed by atoms with Crippen molar-refractivity contribution >= 4 is 0 Å². The van der Waals surface area contributed by atoms with Gasteiger partial charge in [0.1, 0.15) is 0 Å². The largest absolute Gasteiger partial charge is 0.392 e. The van der Waals surface area contributed by atoms with Gasteiger partial charge in [-0.15, -0.1) is 0 Å². The van der Waals surface area contributed by atoms with Gasteiger partial charge in [0.25, 0.3) is 0 Å². The number of aliphatic hydroxyl groups excluding tert-OH is 1. The zero-order chi connectivity index (χ0) is 12.5. The fourth-order valence-corrected chi connectivity index (χ4v) is 3.78. The molecule has 2 rings (SSSR count). The summed E-state index contributed by atoms with van der Waals surface area (Å²) in [5.41, 5.74) is 0.128. The van der Waals surface area contributed by atoms with E-state index in [0.717, 1.165) is 12.8 Å². The summed E-state index contributed by atoms with van der Waals surface area (Å²) in [4.78, 5) is 0. The Morgan fingerprint density at radius 2 is 1.82 bits per heavy atom. The van der Waals surface area contributed by atoms with E-state index >= 15 is 0 Å². The third-order valence-electron chi connectivity index (χ3n) is 4.73. The van der Waals surface area contributed by atoms with E-state index in [0.29, 0.717) is 18.1 Å². The maximum Gasteiger partial charge on any atom is 0.0684 e. The van der Waals surface area contributed by atoms with E-state index in [4.69, 9.17) is 4.74 Å². The summed E-state index contributed by atoms with van der Waals surface area (Å²) >= 11 is 0. The van der Waals surface area contributed by atoms with Gasteiger partial charge in [0.15, 0.2) is 0 Å². The second-order valence-electron chi connectivity index (χ2n) is 6.61. The molecule has 0 heterocycles. The molecule has 2 nitrogen and oxygen atoms in total. The van der Waals surface area contributed by atoms with Crippen molar-refractivity contribution in [3.63, 3.8) is 0 Å². The summed E-state index contributed by atoms with van der Waals surface area (Å²) in [6.45, 7) is 6.67. The number of rotatable bonds is 4. The third-order valence-corrected chi connectivity index (χ3v) is 4.73. The minimum absolute atomic E-state index is 0.0981. The molecule has 0 aliphatic heterocycles. The van der Waals surface area contributed by atoms with Crippen LogP contribution in [-0.2, 0) is 4.74 Å². The number of hydrogen-bond donors (Lipinski definition) is 1. The van der Waals surface area contributed by atoms with E-state index in [9.17, 15) is 5.11 Å². The molecule has 2 aliphatic carbocycles. The summed E-state index contributed by atoms with van der Waals surface area (Å²) in [6.07, 6.45) is 8.79. The molecule has 3 unspecified atom stereocenters. The van der Waals surface area contributed by atoms with Gasteiger partial charge in [-0.3, -0.25) is 0 Å². The van der Waals surface area contributed by atoms with Gasteiger partial charge in [-0.05, 0) is 32.1 Å². The Morgan fingerprint density at radius 1 is 1.18 bits per heavy atom. The molecule has 0 amide bonds. The zero-order valence-electron chi connectivity index (χ0n) is 11.6. The first-order chi connectivity index (χ1) is 8.04. The van der Waals surface area contributed by atoms with E-state index in [-0.39, 0.29) is 11.5 Å². The number of hydrogen-bond acceptors (Lipinski definition) is 2. The van der Waals surface area contributed by atoms with Crippen LogP contribution >= 0.6 is 0 Å². The second kappa shape index (κ2) is 5.27. The molecule has 17 heavy (non-hydrogen) atoms. The third kappa shape index (κ3) is 2.68. The molecule has 2 aliphatic rings. The van der Waals surface area contributed by atoms with Crippen LogP contribution in [0.4, 0.5) is 0 Å². The topological polar surface area (TPSA) is 29.5 Å². The predicted molar refractivity (Wildman–Crippen MR) is 69.9 cm³/mol. The molecular formula is C15H28O2. The Hall–Kier alpha value is -0.0800. The molecule has 2 heteroatoms. The van der Waals surface area contributed by atoms with Gasteiger partial charge in [0, 0.05) is 11.8 Å². The lowest BCUT2D eigenvalue weighted by Gasteiger charge is -2.56. The van der Waals surface area contributed by atoms with Gasteiger partial charge in [0.05, 0.1) is 18.3 Å². The van der Waals surface area contributed by atoms with Crippen molar-refractivity contribution < 1.29 is 9.84 Å². The quantitative estimate of drug-likeness (QED) is 0.814. The molecular weight excluding hydrogens is 212 g/mol. The molecule has 3 atom stereocenters. The van der Waals surface area contributed by atoms with E-state index in [1.807, 2.05) is 0 Å².